The molecule has 2 N–H and O–H groups in total. The number of carbonyl (C=O) groups excluding carboxylic acids is 1. The Hall–Kier alpha value is -1.14. The van der Waals surface area contributed by atoms with Crippen LogP contribution in [0.15, 0.2) is 24.3 Å². The van der Waals surface area contributed by atoms with Crippen molar-refractivity contribution in [1.82, 2.24) is 5.32 Å². The van der Waals surface area contributed by atoms with Gasteiger partial charge in [0, 0.05) is 5.56 Å². The SMILES string of the molecule is CC(C)C[C@@H](NC(=O)c1ccc(C2SCCCS2)cc1)C(=O)O. The molecule has 4 nitrogen and oxygen atoms in total. The number of thioether (sulfide) groups is 2. The Morgan fingerprint density at radius 3 is 2.35 bits per heavy atom. The number of benzene rings is 1. The number of carboxylic acids is 1. The standard InChI is InChI=1S/C17H23NO3S2/c1-11(2)10-14(16(20)21)18-15(19)12-4-6-13(7-5-12)17-22-8-3-9-23-17/h4-7,11,14,17H,3,8-10H2,1-2H3,(H,18,19)(H,20,21)/t14-/m1/s1. The topological polar surface area (TPSA) is 66.4 Å². The lowest BCUT2D eigenvalue weighted by Gasteiger charge is -2.21. The second-order valence-electron chi connectivity index (χ2n) is 6.04. The Bertz CT molecular complexity index is 539. The summed E-state index contributed by atoms with van der Waals surface area (Å²) < 4.78 is 0.438. The van der Waals surface area contributed by atoms with E-state index in [1.165, 1.54) is 23.5 Å². The Morgan fingerprint density at radius 2 is 1.83 bits per heavy atom. The van der Waals surface area contributed by atoms with Crippen LogP contribution in [0.25, 0.3) is 0 Å². The first-order chi connectivity index (χ1) is 11.0. The highest BCUT2D eigenvalue weighted by Gasteiger charge is 2.22. The molecule has 1 aliphatic heterocycles. The van der Waals surface area contributed by atoms with Crippen LogP contribution in [-0.4, -0.2) is 34.5 Å². The number of carboxylic acid groups (broad SMARTS) is 1. The minimum atomic E-state index is -0.987. The first-order valence-electron chi connectivity index (χ1n) is 7.84. The van der Waals surface area contributed by atoms with Crippen LogP contribution in [0.3, 0.4) is 0 Å². The first-order valence-corrected chi connectivity index (χ1v) is 9.94. The lowest BCUT2D eigenvalue weighted by atomic mass is 10.0. The van der Waals surface area contributed by atoms with Crippen molar-refractivity contribution >= 4 is 35.4 Å². The molecular formula is C17H23NO3S2. The molecule has 0 radical (unpaired) electrons. The predicted octanol–water partition coefficient (Wildman–Crippen LogP) is 3.78. The summed E-state index contributed by atoms with van der Waals surface area (Å²) >= 11 is 3.87. The normalized spacial score (nSPS) is 17.0. The molecule has 1 heterocycles. The van der Waals surface area contributed by atoms with Gasteiger partial charge in [0.15, 0.2) is 0 Å². The summed E-state index contributed by atoms with van der Waals surface area (Å²) in [5.74, 6) is 1.25. The van der Waals surface area contributed by atoms with E-state index in [4.69, 9.17) is 0 Å². The van der Waals surface area contributed by atoms with Gasteiger partial charge in [-0.05, 0) is 48.0 Å². The number of carbonyl (C=O) groups is 2. The fourth-order valence-electron chi connectivity index (χ4n) is 2.41. The number of amides is 1. The minimum Gasteiger partial charge on any atom is -0.480 e. The number of hydrogen-bond donors (Lipinski definition) is 2. The molecule has 1 aromatic carbocycles. The lowest BCUT2D eigenvalue weighted by molar-refractivity contribution is -0.139. The molecule has 1 aliphatic rings. The molecule has 0 spiro atoms. The number of aliphatic carboxylic acids is 1. The van der Waals surface area contributed by atoms with Crippen molar-refractivity contribution in [3.63, 3.8) is 0 Å². The van der Waals surface area contributed by atoms with E-state index in [9.17, 15) is 14.7 Å². The molecule has 0 aliphatic carbocycles. The van der Waals surface area contributed by atoms with Gasteiger partial charge in [-0.1, -0.05) is 26.0 Å². The van der Waals surface area contributed by atoms with Crippen molar-refractivity contribution in [1.29, 1.82) is 0 Å². The van der Waals surface area contributed by atoms with E-state index in [0.717, 1.165) is 0 Å². The summed E-state index contributed by atoms with van der Waals surface area (Å²) in [7, 11) is 0. The molecule has 1 saturated heterocycles. The molecule has 0 unspecified atom stereocenters. The third kappa shape index (κ3) is 5.46. The third-order valence-electron chi connectivity index (χ3n) is 3.58. The van der Waals surface area contributed by atoms with Crippen LogP contribution in [0, 0.1) is 5.92 Å². The molecule has 1 atom stereocenters. The van der Waals surface area contributed by atoms with Crippen molar-refractivity contribution < 1.29 is 14.7 Å². The molecule has 1 fully saturated rings. The lowest BCUT2D eigenvalue weighted by Crippen LogP contribution is -2.41. The van der Waals surface area contributed by atoms with Crippen molar-refractivity contribution in [2.75, 3.05) is 11.5 Å². The highest BCUT2D eigenvalue weighted by Crippen LogP contribution is 2.43. The van der Waals surface area contributed by atoms with Crippen LogP contribution >= 0.6 is 23.5 Å². The molecule has 0 bridgehead atoms. The quantitative estimate of drug-likeness (QED) is 0.814. The van der Waals surface area contributed by atoms with Gasteiger partial charge in [0.05, 0.1) is 4.58 Å². The molecular weight excluding hydrogens is 330 g/mol. The molecule has 0 saturated carbocycles. The molecule has 1 amide bonds. The van der Waals surface area contributed by atoms with E-state index in [1.54, 1.807) is 12.1 Å². The monoisotopic (exact) mass is 353 g/mol. The van der Waals surface area contributed by atoms with Crippen molar-refractivity contribution in [2.45, 2.75) is 37.3 Å². The maximum Gasteiger partial charge on any atom is 0.326 e. The van der Waals surface area contributed by atoms with Gasteiger partial charge >= 0.3 is 5.97 Å². The van der Waals surface area contributed by atoms with Gasteiger partial charge in [-0.15, -0.1) is 23.5 Å². The summed E-state index contributed by atoms with van der Waals surface area (Å²) in [5, 5.41) is 11.8. The fraction of sp³-hybridized carbons (Fsp3) is 0.529. The fourth-order valence-corrected chi connectivity index (χ4v) is 5.30. The number of rotatable bonds is 6. The van der Waals surface area contributed by atoms with Gasteiger partial charge in [-0.3, -0.25) is 4.79 Å². The van der Waals surface area contributed by atoms with Gasteiger partial charge in [-0.2, -0.15) is 0 Å². The summed E-state index contributed by atoms with van der Waals surface area (Å²) in [6.45, 7) is 3.88. The second-order valence-corrected chi connectivity index (χ2v) is 8.77. The van der Waals surface area contributed by atoms with E-state index in [2.05, 4.69) is 5.32 Å². The highest BCUT2D eigenvalue weighted by atomic mass is 32.2. The zero-order valence-corrected chi connectivity index (χ0v) is 15.1. The van der Waals surface area contributed by atoms with Crippen LogP contribution in [0.5, 0.6) is 0 Å². The van der Waals surface area contributed by atoms with Gasteiger partial charge in [0.1, 0.15) is 6.04 Å². The summed E-state index contributed by atoms with van der Waals surface area (Å²) in [5.41, 5.74) is 1.72. The Balaban J connectivity index is 2.00. The zero-order valence-electron chi connectivity index (χ0n) is 13.5. The van der Waals surface area contributed by atoms with Crippen molar-refractivity contribution in [3.8, 4) is 0 Å². The average Bonchev–Trinajstić information content (AvgIpc) is 2.54. The van der Waals surface area contributed by atoms with Gasteiger partial charge < -0.3 is 10.4 Å². The summed E-state index contributed by atoms with van der Waals surface area (Å²) in [6.07, 6.45) is 1.67. The maximum absolute atomic E-state index is 12.2. The molecule has 0 aromatic heterocycles. The highest BCUT2D eigenvalue weighted by molar-refractivity contribution is 8.16. The van der Waals surface area contributed by atoms with Crippen LogP contribution in [-0.2, 0) is 4.79 Å². The first kappa shape index (κ1) is 18.2. The second kappa shape index (κ2) is 8.64. The van der Waals surface area contributed by atoms with E-state index in [1.807, 2.05) is 49.5 Å². The summed E-state index contributed by atoms with van der Waals surface area (Å²) in [4.78, 5) is 23.5. The van der Waals surface area contributed by atoms with Gasteiger partial charge in [0.2, 0.25) is 0 Å². The Kier molecular flexibility index (Phi) is 6.84. The molecule has 6 heteroatoms. The third-order valence-corrected chi connectivity index (χ3v) is 6.60. The van der Waals surface area contributed by atoms with Gasteiger partial charge in [0.25, 0.3) is 5.91 Å². The van der Waals surface area contributed by atoms with Crippen molar-refractivity contribution in [2.24, 2.45) is 5.92 Å². The molecule has 2 rings (SSSR count). The van der Waals surface area contributed by atoms with Crippen molar-refractivity contribution in [3.05, 3.63) is 35.4 Å². The van der Waals surface area contributed by atoms with E-state index in [-0.39, 0.29) is 11.8 Å². The number of hydrogen-bond acceptors (Lipinski definition) is 4. The zero-order chi connectivity index (χ0) is 16.8. The Morgan fingerprint density at radius 1 is 1.22 bits per heavy atom. The minimum absolute atomic E-state index is 0.208. The molecule has 126 valence electrons. The largest absolute Gasteiger partial charge is 0.480 e. The Labute approximate surface area is 145 Å². The van der Waals surface area contributed by atoms with Crippen LogP contribution in [0.1, 0.15) is 47.2 Å². The van der Waals surface area contributed by atoms with Gasteiger partial charge in [-0.25, -0.2) is 4.79 Å². The smallest absolute Gasteiger partial charge is 0.326 e. The maximum atomic E-state index is 12.2. The number of nitrogens with one attached hydrogen (secondary N) is 1. The molecule has 1 aromatic rings. The van der Waals surface area contributed by atoms with Crippen LogP contribution in [0.2, 0.25) is 0 Å². The predicted molar refractivity (Wildman–Crippen MR) is 97.1 cm³/mol. The van der Waals surface area contributed by atoms with E-state index in [0.29, 0.717) is 16.6 Å². The van der Waals surface area contributed by atoms with Crippen LogP contribution in [0.4, 0.5) is 0 Å². The van der Waals surface area contributed by atoms with E-state index >= 15 is 0 Å². The molecule has 23 heavy (non-hydrogen) atoms. The van der Waals surface area contributed by atoms with E-state index < -0.39 is 12.0 Å². The average molecular weight is 354 g/mol. The van der Waals surface area contributed by atoms with Crippen LogP contribution < -0.4 is 5.32 Å². The summed E-state index contributed by atoms with van der Waals surface area (Å²) in [6, 6.07) is 6.68.